The topological polar surface area (TPSA) is 57.3 Å². The van der Waals surface area contributed by atoms with Crippen molar-refractivity contribution < 1.29 is 4.79 Å². The minimum atomic E-state index is -0.227. The number of hydrogen-bond donors (Lipinski definition) is 2. The van der Waals surface area contributed by atoms with Crippen LogP contribution in [0.2, 0.25) is 5.15 Å². The number of halogens is 2. The molecule has 17 heavy (non-hydrogen) atoms. The third kappa shape index (κ3) is 2.99. The molecule has 2 N–H and O–H groups in total. The molecule has 7 heteroatoms. The lowest BCUT2D eigenvalue weighted by Crippen LogP contribution is -2.43. The van der Waals surface area contributed by atoms with E-state index >= 15 is 0 Å². The average Bonchev–Trinajstić information content (AvgIpc) is 2.39. The van der Waals surface area contributed by atoms with Gasteiger partial charge < -0.3 is 10.2 Å². The van der Waals surface area contributed by atoms with Gasteiger partial charge in [-0.15, -0.1) is 0 Å². The molecule has 0 spiro atoms. The summed E-state index contributed by atoms with van der Waals surface area (Å²) in [5, 5.41) is 3.52. The Bertz CT molecular complexity index is 423. The van der Waals surface area contributed by atoms with E-state index < -0.39 is 0 Å². The lowest BCUT2D eigenvalue weighted by molar-refractivity contribution is 0.0989. The van der Waals surface area contributed by atoms with Gasteiger partial charge in [0, 0.05) is 26.2 Å². The Kier molecular flexibility index (Phi) is 4.41. The highest BCUT2D eigenvalue weighted by atomic mass is 127. The van der Waals surface area contributed by atoms with Gasteiger partial charge in [0.15, 0.2) is 0 Å². The molecule has 1 fully saturated rings. The lowest BCUT2D eigenvalue weighted by Gasteiger charge is -2.28. The van der Waals surface area contributed by atoms with Crippen LogP contribution in [0, 0.1) is 0 Å². The van der Waals surface area contributed by atoms with E-state index in [9.17, 15) is 4.79 Å². The molecule has 2 rings (SSSR count). The van der Waals surface area contributed by atoms with Crippen molar-refractivity contribution >= 4 is 46.2 Å². The van der Waals surface area contributed by atoms with Crippen LogP contribution in [0.25, 0.3) is 0 Å². The molecule has 1 amide bonds. The smallest absolute Gasteiger partial charge is 0.263 e. The van der Waals surface area contributed by atoms with Crippen molar-refractivity contribution in [3.05, 3.63) is 22.8 Å². The Balaban J connectivity index is 2.20. The second-order valence-electron chi connectivity index (χ2n) is 3.67. The number of piperazine rings is 1. The number of amides is 1. The third-order valence-electron chi connectivity index (χ3n) is 2.61. The minimum Gasteiger partial charge on any atom is -0.354 e. The van der Waals surface area contributed by atoms with Crippen LogP contribution in [0.5, 0.6) is 0 Å². The Morgan fingerprint density at radius 1 is 1.47 bits per heavy atom. The van der Waals surface area contributed by atoms with E-state index in [0.717, 1.165) is 32.0 Å². The van der Waals surface area contributed by atoms with E-state index in [-0.39, 0.29) is 11.1 Å². The highest BCUT2D eigenvalue weighted by Gasteiger charge is 2.15. The molecule has 2 heterocycles. The molecule has 1 aliphatic heterocycles. The zero-order chi connectivity index (χ0) is 12.3. The van der Waals surface area contributed by atoms with Crippen LogP contribution in [-0.2, 0) is 0 Å². The number of rotatable bonds is 2. The molecule has 0 aromatic carbocycles. The van der Waals surface area contributed by atoms with Crippen molar-refractivity contribution in [3.63, 3.8) is 0 Å². The molecule has 0 atom stereocenters. The predicted molar refractivity (Wildman–Crippen MR) is 75.8 cm³/mol. The van der Waals surface area contributed by atoms with Crippen LogP contribution < -0.4 is 13.7 Å². The average molecular weight is 367 g/mol. The van der Waals surface area contributed by atoms with Crippen LogP contribution >= 0.6 is 34.5 Å². The summed E-state index contributed by atoms with van der Waals surface area (Å²) < 4.78 is 2.50. The summed E-state index contributed by atoms with van der Waals surface area (Å²) in [5.41, 5.74) is 0.403. The molecule has 0 radical (unpaired) electrons. The number of aromatic nitrogens is 1. The molecule has 0 aliphatic carbocycles. The summed E-state index contributed by atoms with van der Waals surface area (Å²) in [7, 11) is 0. The summed E-state index contributed by atoms with van der Waals surface area (Å²) in [5.74, 6) is 0.594. The Hall–Kier alpha value is -0.600. The molecule has 1 aromatic heterocycles. The van der Waals surface area contributed by atoms with E-state index in [2.05, 4.69) is 18.7 Å². The van der Waals surface area contributed by atoms with Crippen LogP contribution in [0.3, 0.4) is 0 Å². The first-order valence-electron chi connectivity index (χ1n) is 5.25. The second-order valence-corrected chi connectivity index (χ2v) is 4.57. The predicted octanol–water partition coefficient (Wildman–Crippen LogP) is 1.22. The lowest BCUT2D eigenvalue weighted by atomic mass is 10.2. The van der Waals surface area contributed by atoms with Crippen molar-refractivity contribution in [1.82, 2.24) is 13.8 Å². The van der Waals surface area contributed by atoms with Gasteiger partial charge in [0.05, 0.1) is 28.4 Å². The number of anilines is 1. The largest absolute Gasteiger partial charge is 0.354 e. The molecule has 1 aliphatic rings. The first-order valence-corrected chi connectivity index (χ1v) is 6.71. The van der Waals surface area contributed by atoms with E-state index in [0.29, 0.717) is 5.56 Å². The van der Waals surface area contributed by atoms with Crippen molar-refractivity contribution in [2.24, 2.45) is 0 Å². The van der Waals surface area contributed by atoms with Gasteiger partial charge in [0.2, 0.25) is 0 Å². The normalized spacial score (nSPS) is 15.8. The summed E-state index contributed by atoms with van der Waals surface area (Å²) in [6.45, 7) is 3.69. The number of pyridine rings is 1. The molecule has 1 saturated heterocycles. The molecule has 1 aromatic rings. The summed E-state index contributed by atoms with van der Waals surface area (Å²) in [4.78, 5) is 17.9. The van der Waals surface area contributed by atoms with Gasteiger partial charge in [-0.3, -0.25) is 8.32 Å². The quantitative estimate of drug-likeness (QED) is 0.469. The fraction of sp³-hybridized carbons (Fsp3) is 0.400. The first-order chi connectivity index (χ1) is 8.22. The van der Waals surface area contributed by atoms with Crippen LogP contribution in [0.4, 0.5) is 5.82 Å². The molecule has 0 bridgehead atoms. The summed E-state index contributed by atoms with van der Waals surface area (Å²) >= 11 is 7.79. The first kappa shape index (κ1) is 12.8. The zero-order valence-corrected chi connectivity index (χ0v) is 12.0. The maximum Gasteiger partial charge on any atom is 0.263 e. The monoisotopic (exact) mass is 366 g/mol. The highest BCUT2D eigenvalue weighted by molar-refractivity contribution is 14.1. The summed E-state index contributed by atoms with van der Waals surface area (Å²) in [6.07, 6.45) is 0. The van der Waals surface area contributed by atoms with Crippen molar-refractivity contribution in [3.8, 4) is 0 Å². The standard InChI is InChI=1S/C10H12ClIN4O/c11-9-7(10(17)15-12)1-2-8(14-9)16-5-3-13-4-6-16/h1-2,13H,3-6H2,(H,15,17). The van der Waals surface area contributed by atoms with Gasteiger partial charge in [-0.1, -0.05) is 11.6 Å². The molecule has 0 saturated carbocycles. The molecule has 0 unspecified atom stereocenters. The van der Waals surface area contributed by atoms with Crippen molar-refractivity contribution in [1.29, 1.82) is 0 Å². The number of nitrogens with zero attached hydrogens (tertiary/aromatic N) is 2. The third-order valence-corrected chi connectivity index (χ3v) is 3.38. The van der Waals surface area contributed by atoms with Crippen molar-refractivity contribution in [2.45, 2.75) is 0 Å². The van der Waals surface area contributed by atoms with Crippen LogP contribution in [0.15, 0.2) is 12.1 Å². The maximum absolute atomic E-state index is 11.5. The fourth-order valence-electron chi connectivity index (χ4n) is 1.72. The number of carbonyl (C=O) groups excluding carboxylic acids is 1. The highest BCUT2D eigenvalue weighted by Crippen LogP contribution is 2.19. The number of hydrogen-bond acceptors (Lipinski definition) is 4. The van der Waals surface area contributed by atoms with Gasteiger partial charge in [-0.25, -0.2) is 4.98 Å². The SMILES string of the molecule is O=C(NI)c1ccc(N2CCNCC2)nc1Cl. The van der Waals surface area contributed by atoms with E-state index in [1.54, 1.807) is 28.9 Å². The summed E-state index contributed by atoms with van der Waals surface area (Å²) in [6, 6.07) is 3.54. The van der Waals surface area contributed by atoms with Gasteiger partial charge in [0.25, 0.3) is 5.91 Å². The minimum absolute atomic E-state index is 0.227. The van der Waals surface area contributed by atoms with E-state index in [4.69, 9.17) is 11.6 Å². The molecule has 92 valence electrons. The Labute approximate surface area is 118 Å². The molecule has 5 nitrogen and oxygen atoms in total. The van der Waals surface area contributed by atoms with Gasteiger partial charge in [-0.05, 0) is 12.1 Å². The van der Waals surface area contributed by atoms with Crippen LogP contribution in [-0.4, -0.2) is 37.1 Å². The van der Waals surface area contributed by atoms with Gasteiger partial charge in [0.1, 0.15) is 11.0 Å². The van der Waals surface area contributed by atoms with Crippen LogP contribution in [0.1, 0.15) is 10.4 Å². The molecular weight excluding hydrogens is 354 g/mol. The van der Waals surface area contributed by atoms with Gasteiger partial charge >= 0.3 is 0 Å². The fourth-order valence-corrected chi connectivity index (χ4v) is 2.24. The van der Waals surface area contributed by atoms with Gasteiger partial charge in [-0.2, -0.15) is 0 Å². The molecular formula is C10H12ClIN4O. The van der Waals surface area contributed by atoms with Crippen molar-refractivity contribution in [2.75, 3.05) is 31.1 Å². The second kappa shape index (κ2) is 5.83. The maximum atomic E-state index is 11.5. The van der Waals surface area contributed by atoms with E-state index in [1.165, 1.54) is 0 Å². The Morgan fingerprint density at radius 2 is 2.18 bits per heavy atom. The Morgan fingerprint density at radius 3 is 2.76 bits per heavy atom. The number of nitrogens with one attached hydrogen (secondary N) is 2. The number of carbonyl (C=O) groups is 1. The zero-order valence-electron chi connectivity index (χ0n) is 9.04. The van der Waals surface area contributed by atoms with E-state index in [1.807, 2.05) is 6.07 Å².